The molecule has 0 spiro atoms. The van der Waals surface area contributed by atoms with Gasteiger partial charge in [0.1, 0.15) is 5.75 Å². The second-order valence-corrected chi connectivity index (χ2v) is 8.38. The van der Waals surface area contributed by atoms with E-state index >= 15 is 0 Å². The number of aryl methyl sites for hydroxylation is 3. The molecule has 0 atom stereocenters. The molecule has 0 bridgehead atoms. The van der Waals surface area contributed by atoms with Crippen molar-refractivity contribution in [3.8, 4) is 17.0 Å². The van der Waals surface area contributed by atoms with Gasteiger partial charge >= 0.3 is 0 Å². The van der Waals surface area contributed by atoms with Crippen LogP contribution >= 0.6 is 11.3 Å². The van der Waals surface area contributed by atoms with Crippen LogP contribution in [0.2, 0.25) is 0 Å². The smallest absolute Gasteiger partial charge is 0.190 e. The number of ether oxygens (including phenoxy) is 1. The summed E-state index contributed by atoms with van der Waals surface area (Å²) in [6, 6.07) is 14.6. The summed E-state index contributed by atoms with van der Waals surface area (Å²) in [5, 5.41) is 2.22. The van der Waals surface area contributed by atoms with E-state index in [1.807, 2.05) is 49.9 Å². The van der Waals surface area contributed by atoms with Crippen molar-refractivity contribution in [2.45, 2.75) is 40.3 Å². The van der Waals surface area contributed by atoms with Crippen molar-refractivity contribution in [3.05, 3.63) is 82.5 Å². The Morgan fingerprint density at radius 3 is 2.58 bits per heavy atom. The van der Waals surface area contributed by atoms with Crippen molar-refractivity contribution in [1.29, 1.82) is 0 Å². The molecule has 0 N–H and O–H groups in total. The maximum atomic E-state index is 5.55. The van der Waals surface area contributed by atoms with Crippen LogP contribution in [0, 0.1) is 13.8 Å². The van der Waals surface area contributed by atoms with E-state index in [-0.39, 0.29) is 0 Å². The first-order valence-electron chi connectivity index (χ1n) is 10.6. The van der Waals surface area contributed by atoms with E-state index in [4.69, 9.17) is 9.73 Å². The first-order chi connectivity index (χ1) is 15.1. The zero-order valence-electron chi connectivity index (χ0n) is 18.3. The molecule has 2 aromatic carbocycles. The van der Waals surface area contributed by atoms with E-state index in [9.17, 15) is 0 Å². The van der Waals surface area contributed by atoms with Gasteiger partial charge in [-0.05, 0) is 74.2 Å². The Bertz CT molecular complexity index is 1190. The van der Waals surface area contributed by atoms with Crippen molar-refractivity contribution < 1.29 is 4.74 Å². The van der Waals surface area contributed by atoms with Crippen LogP contribution in [-0.4, -0.2) is 20.7 Å². The lowest BCUT2D eigenvalue weighted by Gasteiger charge is -2.11. The minimum absolute atomic E-state index is 0.664. The number of nitrogens with zero attached hydrogens (tertiary/aromatic N) is 4. The van der Waals surface area contributed by atoms with E-state index in [1.165, 1.54) is 22.4 Å². The number of thiazole rings is 1. The molecule has 160 valence electrons. The second-order valence-electron chi connectivity index (χ2n) is 7.55. The standard InChI is InChI=1S/C25H28N4OS/c1-4-30-23-10-8-22(9-11-23)27-25-29(14-5-13-28-15-12-26-18-28)24(17-31-25)21-7-6-19(2)20(3)16-21/h6-12,15-18H,4-5,13-14H2,1-3H3. The number of hydrogen-bond acceptors (Lipinski definition) is 4. The first kappa shape index (κ1) is 21.1. The van der Waals surface area contributed by atoms with E-state index < -0.39 is 0 Å². The van der Waals surface area contributed by atoms with Crippen molar-refractivity contribution in [2.75, 3.05) is 6.61 Å². The lowest BCUT2D eigenvalue weighted by Crippen LogP contribution is -2.17. The van der Waals surface area contributed by atoms with Crippen LogP contribution in [0.5, 0.6) is 5.75 Å². The highest BCUT2D eigenvalue weighted by Gasteiger charge is 2.09. The molecule has 4 rings (SSSR count). The predicted molar refractivity (Wildman–Crippen MR) is 127 cm³/mol. The summed E-state index contributed by atoms with van der Waals surface area (Å²) in [6.45, 7) is 8.79. The Hall–Kier alpha value is -3.12. The van der Waals surface area contributed by atoms with E-state index in [0.29, 0.717) is 6.61 Å². The fourth-order valence-corrected chi connectivity index (χ4v) is 4.45. The minimum Gasteiger partial charge on any atom is -0.494 e. The Balaban J connectivity index is 1.68. The molecule has 0 saturated carbocycles. The van der Waals surface area contributed by atoms with Gasteiger partial charge in [0.25, 0.3) is 0 Å². The Labute approximate surface area is 187 Å². The molecule has 0 saturated heterocycles. The third-order valence-corrected chi connectivity index (χ3v) is 6.19. The highest BCUT2D eigenvalue weighted by atomic mass is 32.1. The van der Waals surface area contributed by atoms with Gasteiger partial charge in [0.15, 0.2) is 4.80 Å². The molecular weight excluding hydrogens is 404 g/mol. The molecule has 0 amide bonds. The summed E-state index contributed by atoms with van der Waals surface area (Å²) in [4.78, 5) is 10.1. The van der Waals surface area contributed by atoms with Gasteiger partial charge < -0.3 is 13.9 Å². The minimum atomic E-state index is 0.664. The summed E-state index contributed by atoms with van der Waals surface area (Å²) in [7, 11) is 0. The van der Waals surface area contributed by atoms with Crippen molar-refractivity contribution in [3.63, 3.8) is 0 Å². The third-order valence-electron chi connectivity index (χ3n) is 5.33. The molecule has 4 aromatic rings. The van der Waals surface area contributed by atoms with E-state index in [0.717, 1.165) is 35.7 Å². The molecule has 0 aliphatic heterocycles. The van der Waals surface area contributed by atoms with Crippen LogP contribution < -0.4 is 9.54 Å². The Kier molecular flexibility index (Phi) is 6.67. The van der Waals surface area contributed by atoms with E-state index in [1.54, 1.807) is 11.3 Å². The number of benzene rings is 2. The highest BCUT2D eigenvalue weighted by Crippen LogP contribution is 2.24. The molecule has 0 fully saturated rings. The molecule has 0 unspecified atom stereocenters. The lowest BCUT2D eigenvalue weighted by atomic mass is 10.0. The van der Waals surface area contributed by atoms with Gasteiger partial charge in [-0.1, -0.05) is 12.1 Å². The van der Waals surface area contributed by atoms with Crippen molar-refractivity contribution >= 4 is 17.0 Å². The fourth-order valence-electron chi connectivity index (χ4n) is 3.49. The second kappa shape index (κ2) is 9.79. The van der Waals surface area contributed by atoms with Crippen LogP contribution in [0.15, 0.2) is 71.6 Å². The maximum absolute atomic E-state index is 5.55. The zero-order chi connectivity index (χ0) is 21.6. The summed E-state index contributed by atoms with van der Waals surface area (Å²) >= 11 is 1.68. The van der Waals surface area contributed by atoms with Gasteiger partial charge in [-0.3, -0.25) is 0 Å². The quantitative estimate of drug-likeness (QED) is 0.356. The number of aromatic nitrogens is 3. The van der Waals surface area contributed by atoms with Crippen LogP contribution in [0.4, 0.5) is 5.69 Å². The van der Waals surface area contributed by atoms with Crippen LogP contribution in [-0.2, 0) is 13.1 Å². The molecule has 2 heterocycles. The average molecular weight is 433 g/mol. The molecule has 6 heteroatoms. The Morgan fingerprint density at radius 1 is 1.03 bits per heavy atom. The van der Waals surface area contributed by atoms with Gasteiger partial charge in [-0.2, -0.15) is 0 Å². The summed E-state index contributed by atoms with van der Waals surface area (Å²) in [5.41, 5.74) is 5.99. The van der Waals surface area contributed by atoms with Crippen LogP contribution in [0.1, 0.15) is 24.5 Å². The van der Waals surface area contributed by atoms with Gasteiger partial charge in [-0.15, -0.1) is 11.3 Å². The Morgan fingerprint density at radius 2 is 1.87 bits per heavy atom. The molecule has 2 aromatic heterocycles. The van der Waals surface area contributed by atoms with Crippen LogP contribution in [0.3, 0.4) is 0 Å². The molecule has 0 radical (unpaired) electrons. The average Bonchev–Trinajstić information content (AvgIpc) is 3.42. The molecule has 5 nitrogen and oxygen atoms in total. The SMILES string of the molecule is CCOc1ccc(N=c2scc(-c3ccc(C)c(C)c3)n2CCCn2ccnc2)cc1. The van der Waals surface area contributed by atoms with Crippen molar-refractivity contribution in [1.82, 2.24) is 14.1 Å². The first-order valence-corrected chi connectivity index (χ1v) is 11.5. The monoisotopic (exact) mass is 432 g/mol. The third kappa shape index (κ3) is 5.14. The molecule has 0 aliphatic carbocycles. The largest absolute Gasteiger partial charge is 0.494 e. The van der Waals surface area contributed by atoms with Gasteiger partial charge in [0.05, 0.1) is 24.3 Å². The maximum Gasteiger partial charge on any atom is 0.190 e. The number of rotatable bonds is 8. The molecular formula is C25H28N4OS. The highest BCUT2D eigenvalue weighted by molar-refractivity contribution is 7.07. The fraction of sp³-hybridized carbons (Fsp3) is 0.280. The van der Waals surface area contributed by atoms with Crippen LogP contribution in [0.25, 0.3) is 11.3 Å². The van der Waals surface area contributed by atoms with E-state index in [2.05, 4.69) is 51.5 Å². The van der Waals surface area contributed by atoms with Gasteiger partial charge in [0, 0.05) is 30.9 Å². The molecule has 0 aliphatic rings. The van der Waals surface area contributed by atoms with Crippen molar-refractivity contribution in [2.24, 2.45) is 4.99 Å². The predicted octanol–water partition coefficient (Wildman–Crippen LogP) is 5.75. The number of hydrogen-bond donors (Lipinski definition) is 0. The molecule has 31 heavy (non-hydrogen) atoms. The van der Waals surface area contributed by atoms with Gasteiger partial charge in [-0.25, -0.2) is 9.98 Å². The normalized spacial score (nSPS) is 11.8. The van der Waals surface area contributed by atoms with Gasteiger partial charge in [0.2, 0.25) is 0 Å². The summed E-state index contributed by atoms with van der Waals surface area (Å²) < 4.78 is 10.0. The summed E-state index contributed by atoms with van der Waals surface area (Å²) in [6.07, 6.45) is 6.70. The lowest BCUT2D eigenvalue weighted by molar-refractivity contribution is 0.340. The number of imidazole rings is 1. The summed E-state index contributed by atoms with van der Waals surface area (Å²) in [5.74, 6) is 0.872. The zero-order valence-corrected chi connectivity index (χ0v) is 19.1. The topological polar surface area (TPSA) is 44.3 Å².